The SMILES string of the molecule is Cc1c(Nc2cc(Cl)c[nH]c2=O)nc(NC2CCCN(C(=O)CC#N)C2)nc1N1CCOCC1. The van der Waals surface area contributed by atoms with Crippen molar-refractivity contribution in [2.75, 3.05) is 54.9 Å². The molecule has 2 saturated heterocycles. The number of hydrogen-bond donors (Lipinski definition) is 3. The van der Waals surface area contributed by atoms with Gasteiger partial charge in [0.05, 0.1) is 24.3 Å². The van der Waals surface area contributed by atoms with Gasteiger partial charge >= 0.3 is 0 Å². The van der Waals surface area contributed by atoms with E-state index < -0.39 is 0 Å². The van der Waals surface area contributed by atoms with Crippen molar-refractivity contribution in [3.8, 4) is 6.07 Å². The normalized spacial score (nSPS) is 18.3. The molecule has 3 N–H and O–H groups in total. The summed E-state index contributed by atoms with van der Waals surface area (Å²) in [5.74, 6) is 1.46. The van der Waals surface area contributed by atoms with Gasteiger partial charge in [0.25, 0.3) is 5.56 Å². The van der Waals surface area contributed by atoms with Crippen molar-refractivity contribution < 1.29 is 9.53 Å². The fourth-order valence-corrected chi connectivity index (χ4v) is 4.30. The van der Waals surface area contributed by atoms with Crippen molar-refractivity contribution in [1.82, 2.24) is 19.9 Å². The van der Waals surface area contributed by atoms with E-state index in [0.29, 0.717) is 56.2 Å². The molecule has 1 atom stereocenters. The van der Waals surface area contributed by atoms with Crippen molar-refractivity contribution in [3.05, 3.63) is 33.2 Å². The maximum Gasteiger partial charge on any atom is 0.271 e. The number of pyridine rings is 1. The van der Waals surface area contributed by atoms with Crippen LogP contribution in [0.5, 0.6) is 0 Å². The molecule has 180 valence electrons. The largest absolute Gasteiger partial charge is 0.378 e. The molecule has 2 aromatic heterocycles. The number of aromatic amines is 1. The van der Waals surface area contributed by atoms with Crippen molar-refractivity contribution >= 4 is 40.8 Å². The summed E-state index contributed by atoms with van der Waals surface area (Å²) in [6.45, 7) is 5.59. The number of likely N-dealkylation sites (tertiary alicyclic amines) is 1. The Morgan fingerprint density at radius 3 is 2.91 bits per heavy atom. The second-order valence-electron chi connectivity index (χ2n) is 8.29. The Morgan fingerprint density at radius 1 is 1.35 bits per heavy atom. The Balaban J connectivity index is 1.63. The van der Waals surface area contributed by atoms with Gasteiger partial charge in [0.15, 0.2) is 0 Å². The zero-order valence-corrected chi connectivity index (χ0v) is 19.7. The lowest BCUT2D eigenvalue weighted by atomic mass is 10.1. The van der Waals surface area contributed by atoms with Gasteiger partial charge < -0.3 is 30.2 Å². The summed E-state index contributed by atoms with van der Waals surface area (Å²) in [7, 11) is 0. The van der Waals surface area contributed by atoms with Crippen LogP contribution in [-0.2, 0) is 9.53 Å². The monoisotopic (exact) mass is 486 g/mol. The Kier molecular flexibility index (Phi) is 7.49. The highest BCUT2D eigenvalue weighted by Crippen LogP contribution is 2.29. The molecule has 0 aromatic carbocycles. The molecule has 34 heavy (non-hydrogen) atoms. The Labute approximate surface area is 202 Å². The van der Waals surface area contributed by atoms with Gasteiger partial charge in [0.1, 0.15) is 23.7 Å². The molecular weight excluding hydrogens is 460 g/mol. The van der Waals surface area contributed by atoms with Crippen molar-refractivity contribution in [1.29, 1.82) is 5.26 Å². The number of piperidine rings is 1. The average Bonchev–Trinajstić information content (AvgIpc) is 2.84. The van der Waals surface area contributed by atoms with E-state index in [1.165, 1.54) is 6.20 Å². The standard InChI is InChI=1S/C22H27ClN8O3/c1-14-19(27-17-11-15(23)12-25-21(17)33)28-22(29-20(14)30-7-9-34-10-8-30)26-16-3-2-6-31(13-16)18(32)4-5-24/h11-12,16H,2-4,6-10,13H2,1H3,(H,25,33)(H2,26,27,28,29). The van der Waals surface area contributed by atoms with Gasteiger partial charge in [-0.05, 0) is 25.8 Å². The second kappa shape index (κ2) is 10.7. The van der Waals surface area contributed by atoms with Crippen molar-refractivity contribution in [3.63, 3.8) is 0 Å². The first kappa shape index (κ1) is 23.8. The summed E-state index contributed by atoms with van der Waals surface area (Å²) in [6.07, 6.45) is 2.96. The van der Waals surface area contributed by atoms with Gasteiger partial charge in [-0.15, -0.1) is 0 Å². The number of nitrogens with zero attached hydrogens (tertiary/aromatic N) is 5. The quantitative estimate of drug-likeness (QED) is 0.559. The number of anilines is 4. The third-order valence-electron chi connectivity index (χ3n) is 5.89. The van der Waals surface area contributed by atoms with E-state index in [9.17, 15) is 9.59 Å². The van der Waals surface area contributed by atoms with Crippen LogP contribution in [0.2, 0.25) is 5.02 Å². The molecule has 4 rings (SSSR count). The highest BCUT2D eigenvalue weighted by molar-refractivity contribution is 6.30. The maximum absolute atomic E-state index is 12.3. The smallest absolute Gasteiger partial charge is 0.271 e. The van der Waals surface area contributed by atoms with Gasteiger partial charge in [-0.1, -0.05) is 11.6 Å². The topological polar surface area (TPSA) is 139 Å². The van der Waals surface area contributed by atoms with Gasteiger partial charge in [-0.25, -0.2) is 0 Å². The average molecular weight is 487 g/mol. The Morgan fingerprint density at radius 2 is 2.15 bits per heavy atom. The number of rotatable bonds is 6. The fraction of sp³-hybridized carbons (Fsp3) is 0.500. The number of hydrogen-bond acceptors (Lipinski definition) is 9. The van der Waals surface area contributed by atoms with E-state index in [1.807, 2.05) is 13.0 Å². The van der Waals surface area contributed by atoms with Crippen LogP contribution in [0.1, 0.15) is 24.8 Å². The molecule has 2 aliphatic heterocycles. The van der Waals surface area contributed by atoms with E-state index in [4.69, 9.17) is 26.6 Å². The summed E-state index contributed by atoms with van der Waals surface area (Å²) in [6, 6.07) is 3.41. The first-order valence-corrected chi connectivity index (χ1v) is 11.6. The summed E-state index contributed by atoms with van der Waals surface area (Å²) >= 11 is 6.07. The van der Waals surface area contributed by atoms with E-state index in [2.05, 4.69) is 25.5 Å². The Bertz CT molecular complexity index is 1140. The summed E-state index contributed by atoms with van der Waals surface area (Å²) < 4.78 is 5.48. The van der Waals surface area contributed by atoms with Gasteiger partial charge in [0.2, 0.25) is 11.9 Å². The number of carbonyl (C=O) groups excluding carboxylic acids is 1. The van der Waals surface area contributed by atoms with Crippen LogP contribution < -0.4 is 21.1 Å². The Hall–Kier alpha value is -3.36. The van der Waals surface area contributed by atoms with Gasteiger partial charge in [-0.3, -0.25) is 9.59 Å². The van der Waals surface area contributed by atoms with Crippen LogP contribution in [0.3, 0.4) is 0 Å². The summed E-state index contributed by atoms with van der Waals surface area (Å²) in [5.41, 5.74) is 0.754. The molecule has 0 bridgehead atoms. The molecule has 2 aromatic rings. The van der Waals surface area contributed by atoms with E-state index in [0.717, 1.165) is 24.2 Å². The number of nitrogens with one attached hydrogen (secondary N) is 3. The molecule has 0 aliphatic carbocycles. The van der Waals surface area contributed by atoms with E-state index in [-0.39, 0.29) is 29.6 Å². The molecule has 0 radical (unpaired) electrons. The molecule has 1 unspecified atom stereocenters. The predicted molar refractivity (Wildman–Crippen MR) is 129 cm³/mol. The highest BCUT2D eigenvalue weighted by Gasteiger charge is 2.25. The highest BCUT2D eigenvalue weighted by atomic mass is 35.5. The molecule has 0 spiro atoms. The van der Waals surface area contributed by atoms with Crippen molar-refractivity contribution in [2.45, 2.75) is 32.2 Å². The van der Waals surface area contributed by atoms with Gasteiger partial charge in [-0.2, -0.15) is 15.2 Å². The number of amides is 1. The van der Waals surface area contributed by atoms with Crippen LogP contribution in [0, 0.1) is 18.3 Å². The van der Waals surface area contributed by atoms with Crippen LogP contribution in [-0.4, -0.2) is 71.2 Å². The maximum atomic E-state index is 12.3. The molecule has 2 fully saturated rings. The molecule has 1 amide bonds. The molecular formula is C22H27ClN8O3. The molecule has 0 saturated carbocycles. The van der Waals surface area contributed by atoms with E-state index >= 15 is 0 Å². The van der Waals surface area contributed by atoms with Crippen LogP contribution in [0.4, 0.5) is 23.3 Å². The summed E-state index contributed by atoms with van der Waals surface area (Å²) in [4.78, 5) is 40.4. The second-order valence-corrected chi connectivity index (χ2v) is 8.72. The first-order chi connectivity index (χ1) is 16.4. The minimum absolute atomic E-state index is 0.0564. The minimum Gasteiger partial charge on any atom is -0.378 e. The predicted octanol–water partition coefficient (Wildman–Crippen LogP) is 2.02. The lowest BCUT2D eigenvalue weighted by molar-refractivity contribution is -0.131. The first-order valence-electron chi connectivity index (χ1n) is 11.2. The number of ether oxygens (including phenoxy) is 1. The molecule has 2 aliphatic rings. The number of aromatic nitrogens is 3. The molecule has 11 nitrogen and oxygen atoms in total. The van der Waals surface area contributed by atoms with Gasteiger partial charge in [0, 0.05) is 44.0 Å². The fourth-order valence-electron chi connectivity index (χ4n) is 4.14. The van der Waals surface area contributed by atoms with Crippen molar-refractivity contribution in [2.24, 2.45) is 0 Å². The number of halogens is 1. The zero-order chi connectivity index (χ0) is 24.1. The molecule has 12 heteroatoms. The number of H-pyrrole nitrogens is 1. The summed E-state index contributed by atoms with van der Waals surface area (Å²) in [5, 5.41) is 15.7. The number of morpholine rings is 1. The minimum atomic E-state index is -0.316. The third-order valence-corrected chi connectivity index (χ3v) is 6.11. The lowest BCUT2D eigenvalue weighted by Crippen LogP contribution is -2.45. The van der Waals surface area contributed by atoms with Crippen LogP contribution in [0.15, 0.2) is 17.1 Å². The third kappa shape index (κ3) is 5.58. The zero-order valence-electron chi connectivity index (χ0n) is 18.9. The number of nitriles is 1. The van der Waals surface area contributed by atoms with Crippen LogP contribution >= 0.6 is 11.6 Å². The lowest BCUT2D eigenvalue weighted by Gasteiger charge is -2.33. The van der Waals surface area contributed by atoms with E-state index in [1.54, 1.807) is 11.0 Å². The molecule has 4 heterocycles. The number of carbonyl (C=O) groups is 1. The van der Waals surface area contributed by atoms with Crippen LogP contribution in [0.25, 0.3) is 0 Å².